The van der Waals surface area contributed by atoms with E-state index < -0.39 is 0 Å². The van der Waals surface area contributed by atoms with E-state index in [1.807, 2.05) is 30.5 Å². The predicted molar refractivity (Wildman–Crippen MR) is 217 cm³/mol. The number of benzene rings is 6. The van der Waals surface area contributed by atoms with Gasteiger partial charge in [0.2, 0.25) is 0 Å². The van der Waals surface area contributed by atoms with Gasteiger partial charge in [-0.2, -0.15) is 5.10 Å². The van der Waals surface area contributed by atoms with E-state index in [1.54, 1.807) is 0 Å². The van der Waals surface area contributed by atoms with E-state index in [0.717, 1.165) is 73.1 Å². The topological polar surface area (TPSA) is 44.9 Å². The lowest BCUT2D eigenvalue weighted by atomic mass is 9.88. The number of aromatic nitrogens is 4. The molecule has 0 unspecified atom stereocenters. The van der Waals surface area contributed by atoms with Gasteiger partial charge in [-0.05, 0) is 59.0 Å². The predicted octanol–water partition coefficient (Wildman–Crippen LogP) is 12.5. The Kier molecular flexibility index (Phi) is 7.97. The lowest BCUT2D eigenvalue weighted by molar-refractivity contribution is 0.483. The number of hydrogen-bond donors (Lipinski definition) is 0. The van der Waals surface area contributed by atoms with Crippen LogP contribution in [0.1, 0.15) is 26.3 Å². The smallest absolute Gasteiger partial charge is 0.137 e. The highest BCUT2D eigenvalue weighted by Gasteiger charge is 2.23. The van der Waals surface area contributed by atoms with Crippen molar-refractivity contribution < 1.29 is 4.74 Å². The van der Waals surface area contributed by atoms with Gasteiger partial charge in [-0.15, -0.1) is 0 Å². The largest absolute Gasteiger partial charge is 0.457 e. The molecule has 0 fully saturated rings. The minimum Gasteiger partial charge on any atom is -0.457 e. The average Bonchev–Trinajstić information content (AvgIpc) is 3.76. The molecule has 9 aromatic rings. The molecule has 6 aromatic carbocycles. The average molecular weight is 687 g/mol. The van der Waals surface area contributed by atoms with Gasteiger partial charge in [0.05, 0.1) is 22.4 Å². The van der Waals surface area contributed by atoms with Gasteiger partial charge < -0.3 is 4.74 Å². The molecular weight excluding hydrogens is 649 g/mol. The normalized spacial score (nSPS) is 11.7. The molecule has 0 atom stereocenters. The molecule has 0 saturated heterocycles. The highest BCUT2D eigenvalue weighted by molar-refractivity contribution is 6.09. The molecule has 0 spiro atoms. The minimum absolute atomic E-state index is 0.00555. The number of pyridine rings is 1. The van der Waals surface area contributed by atoms with E-state index in [1.165, 1.54) is 10.9 Å². The van der Waals surface area contributed by atoms with Crippen molar-refractivity contribution in [2.45, 2.75) is 26.2 Å². The van der Waals surface area contributed by atoms with Gasteiger partial charge in [0, 0.05) is 45.8 Å². The van der Waals surface area contributed by atoms with E-state index in [0.29, 0.717) is 0 Å². The van der Waals surface area contributed by atoms with Crippen molar-refractivity contribution in [3.8, 4) is 56.6 Å². The van der Waals surface area contributed by atoms with Crippen LogP contribution in [0.25, 0.3) is 67.0 Å². The second-order valence-corrected chi connectivity index (χ2v) is 14.4. The molecule has 0 radical (unpaired) electrons. The van der Waals surface area contributed by atoms with Crippen LogP contribution < -0.4 is 4.74 Å². The van der Waals surface area contributed by atoms with Crippen molar-refractivity contribution in [3.63, 3.8) is 0 Å². The third kappa shape index (κ3) is 5.96. The number of hydrogen-bond acceptors (Lipinski definition) is 3. The summed E-state index contributed by atoms with van der Waals surface area (Å²) in [5.41, 5.74) is 10.5. The lowest BCUT2D eigenvalue weighted by Crippen LogP contribution is -2.12. The van der Waals surface area contributed by atoms with E-state index >= 15 is 0 Å². The zero-order valence-electron chi connectivity index (χ0n) is 29.9. The highest BCUT2D eigenvalue weighted by atomic mass is 16.5. The number of rotatable bonds is 7. The molecular formula is C48H38N4O. The fourth-order valence-electron chi connectivity index (χ4n) is 7.23. The molecule has 0 saturated carbocycles. The maximum Gasteiger partial charge on any atom is 0.137 e. The van der Waals surface area contributed by atoms with Crippen molar-refractivity contribution in [2.24, 2.45) is 0 Å². The van der Waals surface area contributed by atoms with Crippen molar-refractivity contribution in [1.82, 2.24) is 19.3 Å². The van der Waals surface area contributed by atoms with Crippen molar-refractivity contribution in [1.29, 1.82) is 0 Å². The molecule has 53 heavy (non-hydrogen) atoms. The molecule has 256 valence electrons. The first-order valence-corrected chi connectivity index (χ1v) is 18.0. The molecule has 0 aliphatic carbocycles. The molecule has 0 bridgehead atoms. The van der Waals surface area contributed by atoms with Gasteiger partial charge in [-0.3, -0.25) is 4.57 Å². The van der Waals surface area contributed by atoms with Crippen LogP contribution in [0.4, 0.5) is 0 Å². The van der Waals surface area contributed by atoms with E-state index in [2.05, 4.69) is 176 Å². The van der Waals surface area contributed by atoms with Crippen LogP contribution in [0.5, 0.6) is 11.5 Å². The minimum atomic E-state index is -0.00555. The number of ether oxygens (including phenoxy) is 1. The molecule has 0 amide bonds. The Balaban J connectivity index is 1.17. The summed E-state index contributed by atoms with van der Waals surface area (Å²) in [6, 6.07) is 58.8. The summed E-state index contributed by atoms with van der Waals surface area (Å²) >= 11 is 0. The van der Waals surface area contributed by atoms with Crippen molar-refractivity contribution >= 4 is 21.8 Å². The van der Waals surface area contributed by atoms with Crippen LogP contribution in [-0.4, -0.2) is 19.3 Å². The second-order valence-electron chi connectivity index (χ2n) is 14.4. The van der Waals surface area contributed by atoms with Crippen LogP contribution in [0.3, 0.4) is 0 Å². The van der Waals surface area contributed by atoms with Gasteiger partial charge in [0.25, 0.3) is 0 Å². The summed E-state index contributed by atoms with van der Waals surface area (Å²) in [7, 11) is 0. The lowest BCUT2D eigenvalue weighted by Gasteiger charge is -2.20. The van der Waals surface area contributed by atoms with Crippen LogP contribution in [-0.2, 0) is 5.41 Å². The van der Waals surface area contributed by atoms with Gasteiger partial charge in [0.1, 0.15) is 23.0 Å². The molecule has 0 N–H and O–H groups in total. The summed E-state index contributed by atoms with van der Waals surface area (Å²) in [6.07, 6.45) is 1.91. The first kappa shape index (κ1) is 32.2. The van der Waals surface area contributed by atoms with Crippen molar-refractivity contribution in [2.75, 3.05) is 0 Å². The van der Waals surface area contributed by atoms with Crippen LogP contribution >= 0.6 is 0 Å². The monoisotopic (exact) mass is 686 g/mol. The maximum atomic E-state index is 6.69. The Morgan fingerprint density at radius 1 is 0.528 bits per heavy atom. The zero-order chi connectivity index (χ0) is 35.9. The van der Waals surface area contributed by atoms with Gasteiger partial charge in [-0.25, -0.2) is 9.67 Å². The fraction of sp³-hybridized carbons (Fsp3) is 0.0833. The number of para-hydroxylation sites is 1. The Morgan fingerprint density at radius 3 is 1.91 bits per heavy atom. The number of nitrogens with zero attached hydrogens (tertiary/aromatic N) is 4. The molecule has 5 nitrogen and oxygen atoms in total. The third-order valence-corrected chi connectivity index (χ3v) is 9.83. The summed E-state index contributed by atoms with van der Waals surface area (Å²) in [5.74, 6) is 2.34. The Hall–Kier alpha value is -6.72. The van der Waals surface area contributed by atoms with Gasteiger partial charge >= 0.3 is 0 Å². The van der Waals surface area contributed by atoms with E-state index in [4.69, 9.17) is 14.8 Å². The van der Waals surface area contributed by atoms with E-state index in [9.17, 15) is 0 Å². The standard InChI is InChI=1S/C48H38N4O/c1-48(2,3)36-28-29-49-44(30-36)51-42-25-14-13-24-40(42)41-27-26-39(32-43(41)51)53-38-23-15-22-37(31-38)52-47(35-20-11-6-12-21-35)45(33-16-7-4-8-17-33)46(50-52)34-18-9-5-10-19-34/h4-32H,1-3H3. The highest BCUT2D eigenvalue weighted by Crippen LogP contribution is 2.42. The second kappa shape index (κ2) is 13.1. The maximum absolute atomic E-state index is 6.69. The Bertz CT molecular complexity index is 2720. The summed E-state index contributed by atoms with van der Waals surface area (Å²) in [4.78, 5) is 4.85. The van der Waals surface area contributed by atoms with Gasteiger partial charge in [0.15, 0.2) is 0 Å². The fourth-order valence-corrected chi connectivity index (χ4v) is 7.23. The number of fused-ring (bicyclic) bond motifs is 3. The quantitative estimate of drug-likeness (QED) is 0.168. The van der Waals surface area contributed by atoms with Crippen molar-refractivity contribution in [3.05, 3.63) is 182 Å². The summed E-state index contributed by atoms with van der Waals surface area (Å²) in [6.45, 7) is 6.69. The van der Waals surface area contributed by atoms with Gasteiger partial charge in [-0.1, -0.05) is 136 Å². The molecule has 0 aliphatic rings. The zero-order valence-corrected chi connectivity index (χ0v) is 29.9. The Morgan fingerprint density at radius 2 is 1.17 bits per heavy atom. The van der Waals surface area contributed by atoms with Crippen LogP contribution in [0.15, 0.2) is 176 Å². The van der Waals surface area contributed by atoms with Crippen LogP contribution in [0, 0.1) is 0 Å². The van der Waals surface area contributed by atoms with Crippen LogP contribution in [0.2, 0.25) is 0 Å². The first-order chi connectivity index (χ1) is 25.9. The third-order valence-electron chi connectivity index (χ3n) is 9.83. The summed E-state index contributed by atoms with van der Waals surface area (Å²) in [5, 5.41) is 7.66. The SMILES string of the molecule is CC(C)(C)c1ccnc(-n2c3ccccc3c3ccc(Oc4cccc(-n5nc(-c6ccccc6)c(-c6ccccc6)c5-c5ccccc5)c4)cc32)c1. The Labute approximate surface area is 309 Å². The summed E-state index contributed by atoms with van der Waals surface area (Å²) < 4.78 is 11.0. The molecule has 5 heteroatoms. The first-order valence-electron chi connectivity index (χ1n) is 18.0. The molecule has 9 rings (SSSR count). The molecule has 3 aromatic heterocycles. The molecule has 3 heterocycles. The van der Waals surface area contributed by atoms with E-state index in [-0.39, 0.29) is 5.41 Å². The molecule has 0 aliphatic heterocycles.